The summed E-state index contributed by atoms with van der Waals surface area (Å²) >= 11 is 3.05. The smallest absolute Gasteiger partial charge is 0.324 e. The number of aromatic nitrogens is 2. The Balaban J connectivity index is 1.88. The van der Waals surface area contributed by atoms with Gasteiger partial charge in [-0.2, -0.15) is 13.2 Å². The van der Waals surface area contributed by atoms with Gasteiger partial charge in [-0.15, -0.1) is 5.06 Å². The van der Waals surface area contributed by atoms with Crippen LogP contribution in [0, 0.1) is 0 Å². The maximum Gasteiger partial charge on any atom is 0.493 e. The van der Waals surface area contributed by atoms with E-state index in [-0.39, 0.29) is 22.4 Å². The van der Waals surface area contributed by atoms with Crippen LogP contribution in [0.5, 0.6) is 0 Å². The molecule has 2 heterocycles. The monoisotopic (exact) mass is 472 g/mol. The average molecular weight is 473 g/mol. The third kappa shape index (κ3) is 5.30. The van der Waals surface area contributed by atoms with Gasteiger partial charge < -0.3 is 10.2 Å². The Morgan fingerprint density at radius 2 is 1.90 bits per heavy atom. The van der Waals surface area contributed by atoms with Crippen molar-refractivity contribution in [2.24, 2.45) is 0 Å². The molecule has 154 valence electrons. The van der Waals surface area contributed by atoms with Crippen LogP contribution in [0.1, 0.15) is 34.8 Å². The minimum atomic E-state index is -5.27. The van der Waals surface area contributed by atoms with Crippen LogP contribution in [0.4, 0.5) is 18.9 Å². The first kappa shape index (κ1) is 21.2. The highest BCUT2D eigenvalue weighted by Gasteiger charge is 2.44. The van der Waals surface area contributed by atoms with Crippen molar-refractivity contribution in [1.29, 1.82) is 0 Å². The van der Waals surface area contributed by atoms with Crippen LogP contribution in [-0.2, 0) is 9.63 Å². The molecule has 1 N–H and O–H groups in total. The first-order chi connectivity index (χ1) is 13.8. The van der Waals surface area contributed by atoms with E-state index in [9.17, 15) is 22.8 Å². The molecule has 1 aromatic carbocycles. The highest BCUT2D eigenvalue weighted by molar-refractivity contribution is 9.10. The zero-order valence-corrected chi connectivity index (χ0v) is 16.5. The van der Waals surface area contributed by atoms with Crippen molar-refractivity contribution in [1.82, 2.24) is 15.3 Å². The predicted octanol–water partition coefficient (Wildman–Crippen LogP) is 3.37. The van der Waals surface area contributed by atoms with E-state index < -0.39 is 18.1 Å². The van der Waals surface area contributed by atoms with Crippen molar-refractivity contribution >= 4 is 33.5 Å². The molecule has 0 unspecified atom stereocenters. The van der Waals surface area contributed by atoms with E-state index in [1.807, 2.05) is 0 Å². The first-order valence-electron chi connectivity index (χ1n) is 8.67. The van der Waals surface area contributed by atoms with E-state index in [2.05, 4.69) is 36.1 Å². The molecule has 7 nitrogen and oxygen atoms in total. The number of rotatable bonds is 3. The van der Waals surface area contributed by atoms with Gasteiger partial charge in [-0.25, -0.2) is 14.8 Å². The molecule has 3 rings (SSSR count). The number of benzene rings is 1. The van der Waals surface area contributed by atoms with Gasteiger partial charge in [-0.1, -0.05) is 12.1 Å². The van der Waals surface area contributed by atoms with E-state index >= 15 is 0 Å². The number of carbonyl (C=O) groups is 2. The lowest BCUT2D eigenvalue weighted by Crippen LogP contribution is -2.39. The van der Waals surface area contributed by atoms with Crippen LogP contribution in [0.3, 0.4) is 0 Å². The lowest BCUT2D eigenvalue weighted by molar-refractivity contribution is -0.200. The zero-order chi connectivity index (χ0) is 21.0. The number of hydrogen-bond donors (Lipinski definition) is 1. The van der Waals surface area contributed by atoms with Crippen LogP contribution in [0.25, 0.3) is 0 Å². The molecular formula is C18H16BrF3N4O3. The lowest BCUT2D eigenvalue weighted by atomic mass is 9.91. The molecule has 0 radical (unpaired) electrons. The normalized spacial score (nSPS) is 16.9. The Labute approximate surface area is 172 Å². The number of hydroxylamine groups is 1. The maximum absolute atomic E-state index is 12.7. The second kappa shape index (κ2) is 8.87. The summed E-state index contributed by atoms with van der Waals surface area (Å²) in [7, 11) is 0. The molecule has 29 heavy (non-hydrogen) atoms. The molecule has 1 aliphatic rings. The number of anilines is 1. The van der Waals surface area contributed by atoms with E-state index in [0.717, 1.165) is 37.7 Å². The van der Waals surface area contributed by atoms with Crippen LogP contribution < -0.4 is 10.4 Å². The number of piperidine rings is 1. The summed E-state index contributed by atoms with van der Waals surface area (Å²) < 4.78 is 38.4. The van der Waals surface area contributed by atoms with Crippen molar-refractivity contribution in [2.75, 3.05) is 18.2 Å². The van der Waals surface area contributed by atoms with E-state index in [0.29, 0.717) is 4.60 Å². The van der Waals surface area contributed by atoms with Crippen LogP contribution in [0.15, 0.2) is 41.3 Å². The predicted molar refractivity (Wildman–Crippen MR) is 100.0 cm³/mol. The number of hydrogen-bond acceptors (Lipinski definition) is 6. The highest BCUT2D eigenvalue weighted by Crippen LogP contribution is 2.27. The Hall–Kier alpha value is -2.53. The van der Waals surface area contributed by atoms with Gasteiger partial charge in [-0.3, -0.25) is 4.79 Å². The summed E-state index contributed by atoms with van der Waals surface area (Å²) in [5.74, 6) is -3.32. The molecule has 1 aromatic heterocycles. The Morgan fingerprint density at radius 3 is 2.45 bits per heavy atom. The van der Waals surface area contributed by atoms with Crippen molar-refractivity contribution in [3.63, 3.8) is 0 Å². The average Bonchev–Trinajstić information content (AvgIpc) is 2.72. The third-order valence-electron chi connectivity index (χ3n) is 4.33. The molecule has 11 heteroatoms. The topological polar surface area (TPSA) is 84.4 Å². The van der Waals surface area contributed by atoms with Gasteiger partial charge in [0.15, 0.2) is 0 Å². The summed E-state index contributed by atoms with van der Waals surface area (Å²) in [5.41, 5.74) is 0.646. The zero-order valence-electron chi connectivity index (χ0n) is 14.9. The summed E-state index contributed by atoms with van der Waals surface area (Å²) in [5, 5.41) is 3.55. The fraction of sp³-hybridized carbons (Fsp3) is 0.333. The third-order valence-corrected chi connectivity index (χ3v) is 4.73. The summed E-state index contributed by atoms with van der Waals surface area (Å²) in [6, 6.07) is 6.25. The fourth-order valence-corrected chi connectivity index (χ4v) is 3.10. The quantitative estimate of drug-likeness (QED) is 0.689. The van der Waals surface area contributed by atoms with Crippen LogP contribution in [-0.4, -0.2) is 41.1 Å². The molecule has 1 amide bonds. The second-order valence-electron chi connectivity index (χ2n) is 6.34. The Morgan fingerprint density at radius 1 is 1.17 bits per heavy atom. The molecule has 0 aliphatic carbocycles. The summed E-state index contributed by atoms with van der Waals surface area (Å²) in [6.07, 6.45) is -1.01. The standard InChI is InChI=1S/C18H16BrF3N4O3/c19-15-10-24-14(9-25-15)16(27)26(29-17(28)18(20,21)22)13-5-3-11(4-6-13)12-2-1-7-23-8-12/h3-6,9-10,12,23H,1-2,7-8H2/t12-/m1/s1. The number of nitrogens with one attached hydrogen (secondary N) is 1. The molecule has 0 saturated carbocycles. The molecule has 1 atom stereocenters. The fourth-order valence-electron chi connectivity index (χ4n) is 2.89. The van der Waals surface area contributed by atoms with E-state index in [1.54, 1.807) is 12.1 Å². The van der Waals surface area contributed by atoms with E-state index in [4.69, 9.17) is 0 Å². The SMILES string of the molecule is O=C(c1cnc(Br)cn1)N(OC(=O)C(F)(F)F)c1ccc([C@@H]2CCCNC2)cc1. The number of amides is 1. The minimum Gasteiger partial charge on any atom is -0.324 e. The number of nitrogens with zero attached hydrogens (tertiary/aromatic N) is 3. The van der Waals surface area contributed by atoms with Gasteiger partial charge in [0.2, 0.25) is 0 Å². The van der Waals surface area contributed by atoms with Gasteiger partial charge in [0.1, 0.15) is 10.3 Å². The minimum absolute atomic E-state index is 0.0372. The molecule has 2 aromatic rings. The van der Waals surface area contributed by atoms with Gasteiger partial charge in [0.25, 0.3) is 0 Å². The number of halogens is 4. The van der Waals surface area contributed by atoms with E-state index in [1.165, 1.54) is 18.3 Å². The van der Waals surface area contributed by atoms with Gasteiger partial charge in [-0.05, 0) is 58.9 Å². The molecule has 1 saturated heterocycles. The van der Waals surface area contributed by atoms with Crippen molar-refractivity contribution in [2.45, 2.75) is 24.9 Å². The molecule has 0 bridgehead atoms. The van der Waals surface area contributed by atoms with Crippen molar-refractivity contribution in [3.8, 4) is 0 Å². The number of alkyl halides is 3. The summed E-state index contributed by atoms with van der Waals surface area (Å²) in [4.78, 5) is 36.0. The molecule has 1 fully saturated rings. The molecular weight excluding hydrogens is 457 g/mol. The Kier molecular flexibility index (Phi) is 6.48. The van der Waals surface area contributed by atoms with Gasteiger partial charge in [0.05, 0.1) is 18.1 Å². The van der Waals surface area contributed by atoms with Crippen molar-refractivity contribution < 1.29 is 27.6 Å². The summed E-state index contributed by atoms with van der Waals surface area (Å²) in [6.45, 7) is 1.73. The first-order valence-corrected chi connectivity index (χ1v) is 9.47. The van der Waals surface area contributed by atoms with Gasteiger partial charge >= 0.3 is 18.1 Å². The number of carbonyl (C=O) groups excluding carboxylic acids is 2. The maximum atomic E-state index is 12.7. The second-order valence-corrected chi connectivity index (χ2v) is 7.15. The Bertz CT molecular complexity index is 869. The van der Waals surface area contributed by atoms with Crippen LogP contribution in [0.2, 0.25) is 0 Å². The molecule has 0 spiro atoms. The van der Waals surface area contributed by atoms with Crippen LogP contribution >= 0.6 is 15.9 Å². The lowest BCUT2D eigenvalue weighted by Gasteiger charge is -2.24. The highest BCUT2D eigenvalue weighted by atomic mass is 79.9. The molecule has 1 aliphatic heterocycles. The van der Waals surface area contributed by atoms with Crippen molar-refractivity contribution in [3.05, 3.63) is 52.5 Å². The van der Waals surface area contributed by atoms with Gasteiger partial charge in [0, 0.05) is 6.54 Å². The largest absolute Gasteiger partial charge is 0.493 e.